The van der Waals surface area contributed by atoms with Crippen molar-refractivity contribution in [3.63, 3.8) is 0 Å². The summed E-state index contributed by atoms with van der Waals surface area (Å²) in [7, 11) is -3.98. The number of para-hydroxylation sites is 1. The molecular formula is C30H24N2O6S. The number of carboxylic acid groups (broad SMARTS) is 1. The summed E-state index contributed by atoms with van der Waals surface area (Å²) in [5, 5.41) is 12.9. The monoisotopic (exact) mass is 540 g/mol. The molecule has 3 N–H and O–H groups in total. The molecule has 1 aromatic heterocycles. The van der Waals surface area contributed by atoms with Crippen molar-refractivity contribution < 1.29 is 27.5 Å². The van der Waals surface area contributed by atoms with Crippen LogP contribution in [0.2, 0.25) is 0 Å². The lowest BCUT2D eigenvalue weighted by atomic mass is 10.1. The van der Waals surface area contributed by atoms with Gasteiger partial charge in [0.15, 0.2) is 5.76 Å². The van der Waals surface area contributed by atoms with Gasteiger partial charge >= 0.3 is 5.97 Å². The fraction of sp³-hybridized carbons (Fsp3) is 0.0667. The highest BCUT2D eigenvalue weighted by molar-refractivity contribution is 7.89. The van der Waals surface area contributed by atoms with Crippen LogP contribution in [-0.4, -0.2) is 25.4 Å². The van der Waals surface area contributed by atoms with Crippen molar-refractivity contribution in [2.45, 2.75) is 17.4 Å². The van der Waals surface area contributed by atoms with Crippen LogP contribution >= 0.6 is 0 Å². The van der Waals surface area contributed by atoms with Gasteiger partial charge in [-0.3, -0.25) is 9.59 Å². The second kappa shape index (κ2) is 10.9. The molecule has 4 aromatic carbocycles. The Balaban J connectivity index is 1.27. The maximum atomic E-state index is 13.0. The standard InChI is InChI=1S/C30H24N2O6S/c33-29(34)19-26(22-6-2-1-3-7-22)32-39(36,37)25-16-12-21(13-17-25)20-10-14-24(15-11-20)31-30(35)28-18-23-8-4-5-9-27(23)38-28/h1-18,26,32H,19H2,(H,31,35)(H,33,34). The third kappa shape index (κ3) is 6.06. The van der Waals surface area contributed by atoms with Gasteiger partial charge in [-0.1, -0.05) is 72.8 Å². The summed E-state index contributed by atoms with van der Waals surface area (Å²) < 4.78 is 34.1. The Morgan fingerprint density at radius 1 is 0.795 bits per heavy atom. The van der Waals surface area contributed by atoms with E-state index in [9.17, 15) is 23.1 Å². The summed E-state index contributed by atoms with van der Waals surface area (Å²) in [6, 6.07) is 30.2. The van der Waals surface area contributed by atoms with Crippen molar-refractivity contribution in [1.82, 2.24) is 4.72 Å². The second-order valence-corrected chi connectivity index (χ2v) is 10.6. The third-order valence-corrected chi connectivity index (χ3v) is 7.66. The molecule has 5 aromatic rings. The van der Waals surface area contributed by atoms with Gasteiger partial charge in [0.1, 0.15) is 5.58 Å². The molecule has 1 unspecified atom stereocenters. The molecule has 9 heteroatoms. The molecule has 8 nitrogen and oxygen atoms in total. The Bertz CT molecular complexity index is 1700. The number of benzene rings is 4. The number of amides is 1. The van der Waals surface area contributed by atoms with Crippen LogP contribution in [0.25, 0.3) is 22.1 Å². The fourth-order valence-electron chi connectivity index (χ4n) is 4.20. The number of aliphatic carboxylic acids is 1. The van der Waals surface area contributed by atoms with Crippen LogP contribution < -0.4 is 10.0 Å². The van der Waals surface area contributed by atoms with E-state index >= 15 is 0 Å². The van der Waals surface area contributed by atoms with E-state index in [4.69, 9.17) is 4.42 Å². The lowest BCUT2D eigenvalue weighted by molar-refractivity contribution is -0.137. The number of carbonyl (C=O) groups excluding carboxylic acids is 1. The lowest BCUT2D eigenvalue weighted by Crippen LogP contribution is -2.30. The molecule has 1 amide bonds. The number of carbonyl (C=O) groups is 2. The highest BCUT2D eigenvalue weighted by atomic mass is 32.2. The van der Waals surface area contributed by atoms with Gasteiger partial charge in [0.05, 0.1) is 17.4 Å². The third-order valence-electron chi connectivity index (χ3n) is 6.17. The molecule has 0 aliphatic carbocycles. The topological polar surface area (TPSA) is 126 Å². The molecule has 0 spiro atoms. The van der Waals surface area contributed by atoms with Gasteiger partial charge in [-0.05, 0) is 53.1 Å². The summed E-state index contributed by atoms with van der Waals surface area (Å²) in [6.07, 6.45) is -0.388. The van der Waals surface area contributed by atoms with Gasteiger partial charge in [-0.2, -0.15) is 0 Å². The molecule has 5 rings (SSSR count). The highest BCUT2D eigenvalue weighted by Crippen LogP contribution is 2.26. The first-order valence-corrected chi connectivity index (χ1v) is 13.6. The number of hydrogen-bond acceptors (Lipinski definition) is 5. The molecule has 0 aliphatic heterocycles. The van der Waals surface area contributed by atoms with E-state index < -0.39 is 22.0 Å². The molecular weight excluding hydrogens is 516 g/mol. The van der Waals surface area contributed by atoms with E-state index in [-0.39, 0.29) is 23.0 Å². The SMILES string of the molecule is O=C(O)CC(NS(=O)(=O)c1ccc(-c2ccc(NC(=O)c3cc4ccccc4o3)cc2)cc1)c1ccccc1. The number of fused-ring (bicyclic) bond motifs is 1. The Labute approximate surface area is 225 Å². The minimum atomic E-state index is -3.98. The molecule has 196 valence electrons. The van der Waals surface area contributed by atoms with Crippen molar-refractivity contribution in [3.05, 3.63) is 121 Å². The van der Waals surface area contributed by atoms with E-state index in [1.807, 2.05) is 30.3 Å². The van der Waals surface area contributed by atoms with Crippen molar-refractivity contribution in [1.29, 1.82) is 0 Å². The highest BCUT2D eigenvalue weighted by Gasteiger charge is 2.23. The molecule has 39 heavy (non-hydrogen) atoms. The van der Waals surface area contributed by atoms with Crippen molar-refractivity contribution in [2.75, 3.05) is 5.32 Å². The van der Waals surface area contributed by atoms with Crippen LogP contribution in [0.5, 0.6) is 0 Å². The Kier molecular flexibility index (Phi) is 7.27. The van der Waals surface area contributed by atoms with Gasteiger partial charge in [0, 0.05) is 11.1 Å². The van der Waals surface area contributed by atoms with Gasteiger partial charge in [0.25, 0.3) is 5.91 Å². The number of furan rings is 1. The predicted octanol–water partition coefficient (Wildman–Crippen LogP) is 5.85. The zero-order valence-corrected chi connectivity index (χ0v) is 21.4. The van der Waals surface area contributed by atoms with E-state index in [0.29, 0.717) is 16.8 Å². The number of sulfonamides is 1. The number of hydrogen-bond donors (Lipinski definition) is 3. The molecule has 0 saturated heterocycles. The Morgan fingerprint density at radius 2 is 1.41 bits per heavy atom. The number of nitrogens with one attached hydrogen (secondary N) is 2. The molecule has 0 aliphatic rings. The molecule has 1 heterocycles. The largest absolute Gasteiger partial charge is 0.481 e. The van der Waals surface area contributed by atoms with E-state index in [1.165, 1.54) is 12.1 Å². The van der Waals surface area contributed by atoms with E-state index in [1.54, 1.807) is 66.7 Å². The molecule has 0 saturated carbocycles. The van der Waals surface area contributed by atoms with Gasteiger partial charge in [0.2, 0.25) is 10.0 Å². The Morgan fingerprint density at radius 3 is 2.05 bits per heavy atom. The molecule has 0 bridgehead atoms. The summed E-state index contributed by atoms with van der Waals surface area (Å²) >= 11 is 0. The summed E-state index contributed by atoms with van der Waals surface area (Å²) in [5.41, 5.74) is 3.37. The lowest BCUT2D eigenvalue weighted by Gasteiger charge is -2.17. The van der Waals surface area contributed by atoms with Crippen LogP contribution in [0, 0.1) is 0 Å². The summed E-state index contributed by atoms with van der Waals surface area (Å²) in [6.45, 7) is 0. The number of carboxylic acids is 1. The van der Waals surface area contributed by atoms with Crippen molar-refractivity contribution in [2.24, 2.45) is 0 Å². The molecule has 0 fully saturated rings. The van der Waals surface area contributed by atoms with Crippen molar-refractivity contribution in [3.8, 4) is 11.1 Å². The zero-order chi connectivity index (χ0) is 27.4. The number of anilines is 1. The minimum absolute atomic E-state index is 0.0206. The smallest absolute Gasteiger partial charge is 0.305 e. The first-order chi connectivity index (χ1) is 18.8. The number of rotatable bonds is 9. The molecule has 0 radical (unpaired) electrons. The second-order valence-electron chi connectivity index (χ2n) is 8.89. The Hall–Kier alpha value is -4.73. The van der Waals surface area contributed by atoms with Gasteiger partial charge in [-0.15, -0.1) is 0 Å². The summed E-state index contributed by atoms with van der Waals surface area (Å²) in [5.74, 6) is -1.26. The van der Waals surface area contributed by atoms with Crippen LogP contribution in [0.1, 0.15) is 28.6 Å². The van der Waals surface area contributed by atoms with Crippen LogP contribution in [-0.2, 0) is 14.8 Å². The fourth-order valence-corrected chi connectivity index (χ4v) is 5.43. The average Bonchev–Trinajstić information content (AvgIpc) is 3.38. The molecule has 1 atom stereocenters. The first kappa shape index (κ1) is 25.9. The van der Waals surface area contributed by atoms with E-state index in [0.717, 1.165) is 16.5 Å². The predicted molar refractivity (Wildman–Crippen MR) is 148 cm³/mol. The maximum Gasteiger partial charge on any atom is 0.305 e. The summed E-state index contributed by atoms with van der Waals surface area (Å²) in [4.78, 5) is 24.0. The maximum absolute atomic E-state index is 13.0. The van der Waals surface area contributed by atoms with Crippen LogP contribution in [0.3, 0.4) is 0 Å². The normalized spacial score (nSPS) is 12.2. The van der Waals surface area contributed by atoms with Gasteiger partial charge in [-0.25, -0.2) is 13.1 Å². The minimum Gasteiger partial charge on any atom is -0.481 e. The first-order valence-electron chi connectivity index (χ1n) is 12.1. The van der Waals surface area contributed by atoms with Crippen LogP contribution in [0.15, 0.2) is 119 Å². The van der Waals surface area contributed by atoms with Crippen LogP contribution in [0.4, 0.5) is 5.69 Å². The van der Waals surface area contributed by atoms with E-state index in [2.05, 4.69) is 10.0 Å². The quantitative estimate of drug-likeness (QED) is 0.215. The van der Waals surface area contributed by atoms with Gasteiger partial charge < -0.3 is 14.8 Å². The van der Waals surface area contributed by atoms with Crippen molar-refractivity contribution >= 4 is 38.6 Å². The zero-order valence-electron chi connectivity index (χ0n) is 20.6. The average molecular weight is 541 g/mol.